The molecule has 2 N–H and O–H groups in total. The number of hydrogen-bond donors (Lipinski definition) is 1. The van der Waals surface area contributed by atoms with Crippen LogP contribution in [-0.4, -0.2) is 16.6 Å². The zero-order chi connectivity index (χ0) is 18.7. The molecule has 0 unspecified atom stereocenters. The number of nitrogens with zero attached hydrogens (tertiary/aromatic N) is 1. The maximum atomic E-state index is 12.2. The number of aromatic nitrogens is 1. The van der Waals surface area contributed by atoms with Gasteiger partial charge in [0.05, 0.1) is 5.56 Å². The first-order chi connectivity index (χ1) is 11.8. The smallest absolute Gasteiger partial charge is 0.251 e. The van der Waals surface area contributed by atoms with Gasteiger partial charge in [0, 0.05) is 34.7 Å². The zero-order valence-electron chi connectivity index (χ0n) is 15.1. The Hall–Kier alpha value is -1.64. The summed E-state index contributed by atoms with van der Waals surface area (Å²) in [5.41, 5.74) is 10.8. The number of hydrogen-bond acceptors (Lipinski definition) is 2. The summed E-state index contributed by atoms with van der Waals surface area (Å²) in [5, 5.41) is 0.659. The lowest BCUT2D eigenvalue weighted by molar-refractivity contribution is 0.1000. The minimum Gasteiger partial charge on any atom is -0.366 e. The Kier molecular flexibility index (Phi) is 6.42. The number of carbonyl (C=O) groups is 1. The van der Waals surface area contributed by atoms with Gasteiger partial charge < -0.3 is 10.3 Å². The largest absolute Gasteiger partial charge is 0.366 e. The van der Waals surface area contributed by atoms with E-state index in [1.807, 2.05) is 32.0 Å². The molecule has 1 amide bonds. The second-order valence-electron chi connectivity index (χ2n) is 6.71. The van der Waals surface area contributed by atoms with E-state index >= 15 is 0 Å². The Morgan fingerprint density at radius 3 is 2.52 bits per heavy atom. The van der Waals surface area contributed by atoms with Crippen molar-refractivity contribution < 1.29 is 9.36 Å². The Morgan fingerprint density at radius 2 is 2.00 bits per heavy atom. The van der Waals surface area contributed by atoms with Gasteiger partial charge in [-0.15, -0.1) is 0 Å². The number of benzene rings is 1. The predicted octanol–water partition coefficient (Wildman–Crippen LogP) is 5.01. The van der Waals surface area contributed by atoms with Gasteiger partial charge in [-0.05, 0) is 43.4 Å². The number of carbonyl (C=O) groups excluding carboxylic acids is 1. The topological polar surface area (TPSA) is 65.1 Å². The number of nitrogens with two attached hydrogens (primary N) is 1. The van der Waals surface area contributed by atoms with E-state index in [0.29, 0.717) is 29.2 Å². The summed E-state index contributed by atoms with van der Waals surface area (Å²) in [4.78, 5) is 12.2. The molecule has 4 nitrogen and oxygen atoms in total. The van der Waals surface area contributed by atoms with Crippen LogP contribution in [0.4, 0.5) is 0 Å². The maximum Gasteiger partial charge on any atom is 0.251 e. The quantitative estimate of drug-likeness (QED) is 0.688. The van der Waals surface area contributed by atoms with Crippen molar-refractivity contribution in [1.29, 1.82) is 0 Å². The van der Waals surface area contributed by atoms with E-state index in [9.17, 15) is 9.36 Å². The van der Waals surface area contributed by atoms with Crippen molar-refractivity contribution in [3.63, 3.8) is 0 Å². The minimum absolute atomic E-state index is 0.0878. The molecule has 25 heavy (non-hydrogen) atoms. The second kappa shape index (κ2) is 8.16. The summed E-state index contributed by atoms with van der Waals surface area (Å²) in [6.07, 6.45) is 1.29. The summed E-state index contributed by atoms with van der Waals surface area (Å²) >= 11 is 6.32. The van der Waals surface area contributed by atoms with Crippen LogP contribution in [0.25, 0.3) is 11.1 Å². The summed E-state index contributed by atoms with van der Waals surface area (Å²) in [5.74, 6) is -0.0501. The second-order valence-corrected chi connectivity index (χ2v) is 7.83. The van der Waals surface area contributed by atoms with Gasteiger partial charge in [0.15, 0.2) is 8.46 Å². The molecule has 6 heteroatoms. The van der Waals surface area contributed by atoms with Crippen LogP contribution in [0.2, 0.25) is 5.02 Å². The Morgan fingerprint density at radius 1 is 1.32 bits per heavy atom. The average molecular weight is 379 g/mol. The highest BCUT2D eigenvalue weighted by Gasteiger charge is 2.25. The van der Waals surface area contributed by atoms with E-state index in [1.165, 1.54) is 0 Å². The summed E-state index contributed by atoms with van der Waals surface area (Å²) in [6, 6.07) is 5.81. The van der Waals surface area contributed by atoms with E-state index < -0.39 is 5.91 Å². The first-order valence-electron chi connectivity index (χ1n) is 8.35. The Bertz CT molecular complexity index is 812. The fourth-order valence-electron chi connectivity index (χ4n) is 3.20. The highest BCUT2D eigenvalue weighted by Crippen LogP contribution is 2.36. The fraction of sp³-hybridized carbons (Fsp3) is 0.421. The third kappa shape index (κ3) is 4.13. The Labute approximate surface area is 155 Å². The number of halogens is 1. The van der Waals surface area contributed by atoms with Crippen molar-refractivity contribution in [3.8, 4) is 11.1 Å². The van der Waals surface area contributed by atoms with Crippen LogP contribution in [-0.2, 0) is 17.5 Å². The van der Waals surface area contributed by atoms with Gasteiger partial charge in [0.2, 0.25) is 0 Å². The monoisotopic (exact) mass is 378 g/mol. The van der Waals surface area contributed by atoms with Crippen molar-refractivity contribution in [2.75, 3.05) is 6.16 Å². The lowest BCUT2D eigenvalue weighted by Gasteiger charge is -2.14. The van der Waals surface area contributed by atoms with Crippen LogP contribution in [0.15, 0.2) is 18.2 Å². The third-order valence-electron chi connectivity index (χ3n) is 4.35. The molecule has 0 aliphatic rings. The molecule has 1 aromatic carbocycles. The molecule has 0 spiro atoms. The van der Waals surface area contributed by atoms with Gasteiger partial charge in [-0.2, -0.15) is 0 Å². The molecule has 0 bridgehead atoms. The molecule has 0 radical (unpaired) electrons. The van der Waals surface area contributed by atoms with Gasteiger partial charge in [0.1, 0.15) is 0 Å². The summed E-state index contributed by atoms with van der Waals surface area (Å²) in [7, 11) is 0.0878. The van der Waals surface area contributed by atoms with E-state index in [0.717, 1.165) is 34.5 Å². The first-order valence-corrected chi connectivity index (χ1v) is 9.72. The van der Waals surface area contributed by atoms with Crippen LogP contribution in [0.3, 0.4) is 0 Å². The minimum atomic E-state index is -0.451. The molecule has 0 aliphatic carbocycles. The molecular formula is C19H24ClN2O2P. The van der Waals surface area contributed by atoms with Gasteiger partial charge in [-0.25, -0.2) is 0 Å². The lowest BCUT2D eigenvalue weighted by Crippen LogP contribution is -2.13. The first kappa shape index (κ1) is 19.7. The van der Waals surface area contributed by atoms with Crippen molar-refractivity contribution in [1.82, 2.24) is 4.57 Å². The number of aryl methyl sites for hydroxylation is 1. The molecule has 1 heterocycles. The standard InChI is InChI=1S/C19H24ClN2O2P/c1-11(2)9-16-18(14-6-5-12(3)15(20)10-14)17(19(21)23)13(4)22(16)7-8-25-24/h5-6,10-11H,7-9H2,1-4H3,(H2,21,23). The summed E-state index contributed by atoms with van der Waals surface area (Å²) < 4.78 is 13.1. The highest BCUT2D eigenvalue weighted by molar-refractivity contribution is 7.23. The van der Waals surface area contributed by atoms with E-state index in [-0.39, 0.29) is 8.46 Å². The fourth-order valence-corrected chi connectivity index (χ4v) is 3.66. The van der Waals surface area contributed by atoms with E-state index in [4.69, 9.17) is 17.3 Å². The Balaban J connectivity index is 2.79. The summed E-state index contributed by atoms with van der Waals surface area (Å²) in [6.45, 7) is 8.69. The molecule has 0 saturated heterocycles. The van der Waals surface area contributed by atoms with Gasteiger partial charge >= 0.3 is 0 Å². The molecule has 2 rings (SSSR count). The highest BCUT2D eigenvalue weighted by atomic mass is 35.5. The van der Waals surface area contributed by atoms with Crippen molar-refractivity contribution >= 4 is 26.0 Å². The van der Waals surface area contributed by atoms with Crippen LogP contribution in [0.5, 0.6) is 0 Å². The number of amides is 1. The van der Waals surface area contributed by atoms with Crippen molar-refractivity contribution in [2.24, 2.45) is 11.7 Å². The van der Waals surface area contributed by atoms with Gasteiger partial charge in [0.25, 0.3) is 5.91 Å². The van der Waals surface area contributed by atoms with Crippen LogP contribution in [0, 0.1) is 19.8 Å². The molecular weight excluding hydrogens is 355 g/mol. The van der Waals surface area contributed by atoms with Gasteiger partial charge in [-0.1, -0.05) is 37.6 Å². The molecule has 1 aromatic heterocycles. The van der Waals surface area contributed by atoms with Gasteiger partial charge in [-0.3, -0.25) is 9.36 Å². The third-order valence-corrected chi connectivity index (χ3v) is 5.14. The predicted molar refractivity (Wildman–Crippen MR) is 104 cm³/mol. The van der Waals surface area contributed by atoms with Crippen LogP contribution >= 0.6 is 20.1 Å². The average Bonchev–Trinajstić information content (AvgIpc) is 2.79. The SMILES string of the molecule is Cc1ccc(-c2c(C(N)=O)c(C)n(CCP=O)c2CC(C)C)cc1Cl. The molecule has 0 aliphatic heterocycles. The van der Waals surface area contributed by atoms with Crippen LogP contribution in [0.1, 0.15) is 41.2 Å². The number of primary amides is 1. The van der Waals surface area contributed by atoms with E-state index in [2.05, 4.69) is 18.4 Å². The van der Waals surface area contributed by atoms with Crippen molar-refractivity contribution in [3.05, 3.63) is 45.7 Å². The van der Waals surface area contributed by atoms with Crippen LogP contribution < -0.4 is 5.73 Å². The molecule has 0 fully saturated rings. The maximum absolute atomic E-state index is 12.2. The van der Waals surface area contributed by atoms with E-state index in [1.54, 1.807) is 0 Å². The zero-order valence-corrected chi connectivity index (χ0v) is 16.7. The molecule has 2 aromatic rings. The molecule has 134 valence electrons. The lowest BCUT2D eigenvalue weighted by atomic mass is 9.95. The van der Waals surface area contributed by atoms with Crippen molar-refractivity contribution in [2.45, 2.75) is 40.7 Å². The normalized spacial score (nSPS) is 11.4. The molecule has 0 saturated carbocycles. The molecule has 0 atom stereocenters. The number of rotatable bonds is 7.